The van der Waals surface area contributed by atoms with Gasteiger partial charge in [-0.2, -0.15) is 0 Å². The van der Waals surface area contributed by atoms with Crippen molar-refractivity contribution in [3.05, 3.63) is 64.5 Å². The molecule has 0 radical (unpaired) electrons. The number of carbonyl (C=O) groups excluding carboxylic acids is 1. The Balaban J connectivity index is 1.45. The van der Waals surface area contributed by atoms with E-state index in [9.17, 15) is 9.18 Å². The summed E-state index contributed by atoms with van der Waals surface area (Å²) >= 11 is 0. The van der Waals surface area contributed by atoms with Gasteiger partial charge in [0.15, 0.2) is 0 Å². The summed E-state index contributed by atoms with van der Waals surface area (Å²) in [6.07, 6.45) is 11.1. The third kappa shape index (κ3) is 6.00. The Morgan fingerprint density at radius 3 is 2.50 bits per heavy atom. The van der Waals surface area contributed by atoms with E-state index in [2.05, 4.69) is 44.7 Å². The SMILES string of the molecule is CCCC(C)(c1ccc(F)cc1)c1cc(OC(=O)CCCCN2CCCCC2)c2c(c1)OC(C)(C)C1=C2CCC1. The summed E-state index contributed by atoms with van der Waals surface area (Å²) in [7, 11) is 0. The molecular formula is C35H46FNO3. The highest BCUT2D eigenvalue weighted by Crippen LogP contribution is 2.53. The lowest BCUT2D eigenvalue weighted by atomic mass is 9.72. The Labute approximate surface area is 239 Å². The number of halogens is 1. The molecule has 0 amide bonds. The molecule has 0 aromatic heterocycles. The molecule has 5 rings (SSSR count). The van der Waals surface area contributed by atoms with E-state index in [-0.39, 0.29) is 17.2 Å². The fraction of sp³-hybridized carbons (Fsp3) is 0.571. The number of nitrogens with zero attached hydrogens (tertiary/aromatic N) is 1. The van der Waals surface area contributed by atoms with Crippen LogP contribution in [-0.4, -0.2) is 36.1 Å². The van der Waals surface area contributed by atoms with E-state index >= 15 is 0 Å². The fourth-order valence-corrected chi connectivity index (χ4v) is 7.12. The minimum atomic E-state index is -0.399. The minimum Gasteiger partial charge on any atom is -0.483 e. The Morgan fingerprint density at radius 1 is 1.02 bits per heavy atom. The first kappa shape index (κ1) is 28.9. The second-order valence-electron chi connectivity index (χ2n) is 12.7. The molecule has 2 aromatic carbocycles. The number of fused-ring (bicyclic) bond motifs is 2. The van der Waals surface area contributed by atoms with Crippen molar-refractivity contribution in [3.8, 4) is 11.5 Å². The van der Waals surface area contributed by atoms with Crippen molar-refractivity contribution in [2.75, 3.05) is 19.6 Å². The van der Waals surface area contributed by atoms with E-state index in [1.165, 1.54) is 55.6 Å². The van der Waals surface area contributed by atoms with Crippen molar-refractivity contribution in [1.82, 2.24) is 4.90 Å². The van der Waals surface area contributed by atoms with Crippen LogP contribution in [0.1, 0.15) is 115 Å². The Kier molecular flexibility index (Phi) is 8.70. The van der Waals surface area contributed by atoms with Crippen LogP contribution in [0.2, 0.25) is 0 Å². The van der Waals surface area contributed by atoms with E-state index in [0.717, 1.165) is 73.9 Å². The average molecular weight is 548 g/mol. The quantitative estimate of drug-likeness (QED) is 0.170. The number of hydrogen-bond acceptors (Lipinski definition) is 4. The van der Waals surface area contributed by atoms with Gasteiger partial charge >= 0.3 is 5.97 Å². The second-order valence-corrected chi connectivity index (χ2v) is 12.7. The number of piperidine rings is 1. The lowest BCUT2D eigenvalue weighted by Gasteiger charge is -2.38. The van der Waals surface area contributed by atoms with Gasteiger partial charge in [0, 0.05) is 11.8 Å². The second kappa shape index (κ2) is 12.1. The summed E-state index contributed by atoms with van der Waals surface area (Å²) in [6, 6.07) is 11.0. The number of unbranched alkanes of at least 4 members (excludes halogenated alkanes) is 1. The van der Waals surface area contributed by atoms with Crippen molar-refractivity contribution in [2.45, 2.75) is 109 Å². The van der Waals surface area contributed by atoms with E-state index in [1.807, 2.05) is 12.1 Å². The fourth-order valence-electron chi connectivity index (χ4n) is 7.12. The summed E-state index contributed by atoms with van der Waals surface area (Å²) in [4.78, 5) is 15.7. The van der Waals surface area contributed by atoms with Crippen molar-refractivity contribution in [2.24, 2.45) is 0 Å². The molecule has 2 heterocycles. The van der Waals surface area contributed by atoms with E-state index in [0.29, 0.717) is 12.2 Å². The van der Waals surface area contributed by atoms with E-state index in [4.69, 9.17) is 9.47 Å². The van der Waals surface area contributed by atoms with Gasteiger partial charge in [0.1, 0.15) is 22.9 Å². The molecule has 0 spiro atoms. The Morgan fingerprint density at radius 2 is 1.77 bits per heavy atom. The molecule has 40 heavy (non-hydrogen) atoms. The van der Waals surface area contributed by atoms with Gasteiger partial charge in [-0.1, -0.05) is 38.8 Å². The van der Waals surface area contributed by atoms with Crippen LogP contribution in [0.25, 0.3) is 5.57 Å². The summed E-state index contributed by atoms with van der Waals surface area (Å²) in [5, 5.41) is 0. The van der Waals surface area contributed by atoms with Crippen LogP contribution >= 0.6 is 0 Å². The molecule has 2 aliphatic heterocycles. The number of esters is 1. The summed E-state index contributed by atoms with van der Waals surface area (Å²) < 4.78 is 26.8. The topological polar surface area (TPSA) is 38.8 Å². The predicted octanol–water partition coefficient (Wildman–Crippen LogP) is 8.60. The predicted molar refractivity (Wildman–Crippen MR) is 159 cm³/mol. The molecule has 0 N–H and O–H groups in total. The first-order valence-electron chi connectivity index (χ1n) is 15.5. The van der Waals surface area contributed by atoms with E-state index in [1.54, 1.807) is 0 Å². The van der Waals surface area contributed by atoms with Crippen molar-refractivity contribution < 1.29 is 18.7 Å². The molecule has 1 saturated heterocycles. The van der Waals surface area contributed by atoms with Gasteiger partial charge in [-0.15, -0.1) is 0 Å². The molecule has 216 valence electrons. The van der Waals surface area contributed by atoms with Crippen molar-refractivity contribution in [1.29, 1.82) is 0 Å². The maximum Gasteiger partial charge on any atom is 0.311 e. The van der Waals surface area contributed by atoms with Crippen LogP contribution in [0.15, 0.2) is 42.0 Å². The first-order chi connectivity index (χ1) is 19.2. The number of carbonyl (C=O) groups is 1. The molecule has 1 unspecified atom stereocenters. The first-order valence-corrected chi connectivity index (χ1v) is 15.5. The highest BCUT2D eigenvalue weighted by atomic mass is 19.1. The normalized spacial score (nSPS) is 19.9. The number of benzene rings is 2. The van der Waals surface area contributed by atoms with Crippen LogP contribution in [0, 0.1) is 5.82 Å². The molecule has 5 heteroatoms. The lowest BCUT2D eigenvalue weighted by Crippen LogP contribution is -2.34. The lowest BCUT2D eigenvalue weighted by molar-refractivity contribution is -0.134. The third-order valence-electron chi connectivity index (χ3n) is 9.32. The molecule has 2 aromatic rings. The van der Waals surface area contributed by atoms with E-state index < -0.39 is 5.60 Å². The molecule has 1 atom stereocenters. The molecular weight excluding hydrogens is 501 g/mol. The van der Waals surface area contributed by atoms with Gasteiger partial charge in [-0.25, -0.2) is 4.39 Å². The highest BCUT2D eigenvalue weighted by Gasteiger charge is 2.40. The zero-order chi connectivity index (χ0) is 28.3. The van der Waals surface area contributed by atoms with Crippen LogP contribution in [0.4, 0.5) is 4.39 Å². The van der Waals surface area contributed by atoms with Crippen LogP contribution in [0.3, 0.4) is 0 Å². The van der Waals surface area contributed by atoms with Crippen LogP contribution < -0.4 is 9.47 Å². The number of ether oxygens (including phenoxy) is 2. The minimum absolute atomic E-state index is 0.179. The zero-order valence-corrected chi connectivity index (χ0v) is 24.9. The summed E-state index contributed by atoms with van der Waals surface area (Å²) in [5.74, 6) is 0.985. The smallest absolute Gasteiger partial charge is 0.311 e. The number of allylic oxidation sites excluding steroid dienone is 1. The number of hydrogen-bond donors (Lipinski definition) is 0. The van der Waals surface area contributed by atoms with Crippen molar-refractivity contribution in [3.63, 3.8) is 0 Å². The highest BCUT2D eigenvalue weighted by molar-refractivity contribution is 5.85. The van der Waals surface area contributed by atoms with Crippen LogP contribution in [0.5, 0.6) is 11.5 Å². The molecule has 3 aliphatic rings. The standard InChI is InChI=1S/C35H46FNO3/c1-5-19-35(4,25-15-17-27(36)18-16-25)26-23-30(39-32(38)14-7-10-22-37-20-8-6-9-21-37)33-28-12-11-13-29(28)34(2,3)40-31(33)24-26/h15-18,23-24H,5-14,19-22H2,1-4H3. The Hall–Kier alpha value is -2.66. The number of likely N-dealkylation sites (tertiary alicyclic amines) is 1. The van der Waals surface area contributed by atoms with Gasteiger partial charge < -0.3 is 14.4 Å². The van der Waals surface area contributed by atoms with Crippen molar-refractivity contribution >= 4 is 11.5 Å². The molecule has 1 aliphatic carbocycles. The maximum absolute atomic E-state index is 13.9. The maximum atomic E-state index is 13.9. The monoisotopic (exact) mass is 547 g/mol. The van der Waals surface area contributed by atoms with Gasteiger partial charge in [0.05, 0.1) is 5.56 Å². The average Bonchev–Trinajstić information content (AvgIpc) is 3.43. The van der Waals surface area contributed by atoms with Gasteiger partial charge in [-0.3, -0.25) is 4.79 Å². The summed E-state index contributed by atoms with van der Waals surface area (Å²) in [6.45, 7) is 12.1. The zero-order valence-electron chi connectivity index (χ0n) is 24.9. The molecule has 0 saturated carbocycles. The molecule has 4 nitrogen and oxygen atoms in total. The van der Waals surface area contributed by atoms with Gasteiger partial charge in [0.2, 0.25) is 0 Å². The number of rotatable bonds is 10. The molecule has 1 fully saturated rings. The van der Waals surface area contributed by atoms with Crippen LogP contribution in [-0.2, 0) is 10.2 Å². The Bertz CT molecular complexity index is 1240. The molecule has 0 bridgehead atoms. The third-order valence-corrected chi connectivity index (χ3v) is 9.32. The largest absolute Gasteiger partial charge is 0.483 e. The van der Waals surface area contributed by atoms with Gasteiger partial charge in [0.25, 0.3) is 0 Å². The summed E-state index contributed by atoms with van der Waals surface area (Å²) in [5.41, 5.74) is 4.85. The van der Waals surface area contributed by atoms with Gasteiger partial charge in [-0.05, 0) is 131 Å².